The summed E-state index contributed by atoms with van der Waals surface area (Å²) in [5, 5.41) is 0. The van der Waals surface area contributed by atoms with Gasteiger partial charge in [0.15, 0.2) is 5.91 Å². The highest BCUT2D eigenvalue weighted by Crippen LogP contribution is 1.79. The van der Waals surface area contributed by atoms with Crippen molar-refractivity contribution < 1.29 is 13.3 Å². The molecule has 0 heterocycles. The molecule has 8 heavy (non-hydrogen) atoms. The molecule has 0 amide bonds. The van der Waals surface area contributed by atoms with E-state index in [1.54, 1.807) is 0 Å². The van der Waals surface area contributed by atoms with Crippen LogP contribution in [-0.2, 0) is 13.3 Å². The Balaban J connectivity index is 3.21. The molecular formula is C3H10O3Si2. The number of rotatable bonds is 4. The molecule has 0 fully saturated rings. The molecule has 3 nitrogen and oxygen atoms in total. The van der Waals surface area contributed by atoms with E-state index in [1.807, 2.05) is 6.92 Å². The highest BCUT2D eigenvalue weighted by atomic mass is 28.3. The first kappa shape index (κ1) is 8.02. The molecular weight excluding hydrogens is 140 g/mol. The van der Waals surface area contributed by atoms with Crippen LogP contribution in [0.1, 0.15) is 6.92 Å². The van der Waals surface area contributed by atoms with Crippen LogP contribution in [0.2, 0.25) is 0 Å². The molecule has 0 N–H and O–H groups in total. The lowest BCUT2D eigenvalue weighted by molar-refractivity contribution is 0.300. The van der Waals surface area contributed by atoms with Gasteiger partial charge in [0, 0.05) is 6.61 Å². The van der Waals surface area contributed by atoms with Crippen LogP contribution in [0.3, 0.4) is 0 Å². The van der Waals surface area contributed by atoms with Gasteiger partial charge >= 0.3 is 9.28 Å². The van der Waals surface area contributed by atoms with E-state index in [-0.39, 0.29) is 0 Å². The molecule has 0 spiro atoms. The highest BCUT2D eigenvalue weighted by Gasteiger charge is 2.05. The Kier molecular flexibility index (Phi) is 5.18. The minimum Gasteiger partial charge on any atom is -0.442 e. The van der Waals surface area contributed by atoms with E-state index >= 15 is 0 Å². The van der Waals surface area contributed by atoms with E-state index in [9.17, 15) is 4.79 Å². The van der Waals surface area contributed by atoms with Crippen molar-refractivity contribution in [2.75, 3.05) is 6.61 Å². The Hall–Kier alpha value is 0.0238. The van der Waals surface area contributed by atoms with Crippen molar-refractivity contribution in [1.29, 1.82) is 0 Å². The molecule has 5 heteroatoms. The van der Waals surface area contributed by atoms with E-state index in [4.69, 9.17) is 8.54 Å². The predicted octanol–water partition coefficient (Wildman–Crippen LogP) is -1.69. The molecule has 48 valence electrons. The third-order valence-corrected chi connectivity index (χ3v) is 3.42. The molecule has 0 aliphatic carbocycles. The van der Waals surface area contributed by atoms with Gasteiger partial charge in [-0.15, -0.1) is 0 Å². The zero-order valence-corrected chi connectivity index (χ0v) is 8.24. The van der Waals surface area contributed by atoms with Crippen LogP contribution < -0.4 is 0 Å². The maximum atomic E-state index is 9.96. The van der Waals surface area contributed by atoms with Crippen LogP contribution in [0.5, 0.6) is 0 Å². The topological polar surface area (TPSA) is 35.5 Å². The lowest BCUT2D eigenvalue weighted by Gasteiger charge is -2.03. The van der Waals surface area contributed by atoms with Gasteiger partial charge in [-0.05, 0) is 6.92 Å². The fourth-order valence-corrected chi connectivity index (χ4v) is 1.72. The normalized spacial score (nSPS) is 13.6. The van der Waals surface area contributed by atoms with Crippen LogP contribution in [0, 0.1) is 0 Å². The fraction of sp³-hybridized carbons (Fsp3) is 0.667. The third kappa shape index (κ3) is 3.08. The Morgan fingerprint density at radius 1 is 1.88 bits per heavy atom. The monoisotopic (exact) mass is 150 g/mol. The van der Waals surface area contributed by atoms with Gasteiger partial charge in [0.1, 0.15) is 10.5 Å². The second-order valence-electron chi connectivity index (χ2n) is 1.20. The second kappa shape index (κ2) is 5.17. The SMILES string of the molecule is CCO[SiH](C=O)O[SiH3]. The van der Waals surface area contributed by atoms with Crippen molar-refractivity contribution in [1.82, 2.24) is 0 Å². The molecule has 0 aliphatic heterocycles. The summed E-state index contributed by atoms with van der Waals surface area (Å²) < 4.78 is 9.75. The first-order chi connectivity index (χ1) is 3.85. The third-order valence-electron chi connectivity index (χ3n) is 0.674. The molecule has 0 aromatic carbocycles. The summed E-state index contributed by atoms with van der Waals surface area (Å²) in [7, 11) is -1.21. The maximum absolute atomic E-state index is 9.96. The van der Waals surface area contributed by atoms with Crippen molar-refractivity contribution in [2.24, 2.45) is 0 Å². The molecule has 0 rings (SSSR count). The van der Waals surface area contributed by atoms with E-state index in [0.717, 1.165) is 5.91 Å². The van der Waals surface area contributed by atoms with Crippen molar-refractivity contribution in [3.63, 3.8) is 0 Å². The van der Waals surface area contributed by atoms with Crippen molar-refractivity contribution in [2.45, 2.75) is 6.92 Å². The maximum Gasteiger partial charge on any atom is 0.379 e. The zero-order valence-electron chi connectivity index (χ0n) is 5.09. The van der Waals surface area contributed by atoms with Crippen LogP contribution in [0.25, 0.3) is 0 Å². The summed E-state index contributed by atoms with van der Waals surface area (Å²) >= 11 is 0. The van der Waals surface area contributed by atoms with E-state index in [0.29, 0.717) is 17.1 Å². The van der Waals surface area contributed by atoms with E-state index in [2.05, 4.69) is 0 Å². The molecule has 1 unspecified atom stereocenters. The quantitative estimate of drug-likeness (QED) is 0.354. The summed E-state index contributed by atoms with van der Waals surface area (Å²) in [6.45, 7) is 2.43. The number of hydrogen-bond acceptors (Lipinski definition) is 3. The molecule has 0 aromatic heterocycles. The van der Waals surface area contributed by atoms with Crippen molar-refractivity contribution in [3.05, 3.63) is 0 Å². The summed E-state index contributed by atoms with van der Waals surface area (Å²) in [4.78, 5) is 9.96. The van der Waals surface area contributed by atoms with Crippen LogP contribution in [0.4, 0.5) is 0 Å². The standard InChI is InChI=1S/C3H10O3Si2/c1-2-5-8(3-4)6-7/h3,8H,2H2,1,7H3. The summed E-state index contributed by atoms with van der Waals surface area (Å²) in [5.74, 6) is 0.788. The van der Waals surface area contributed by atoms with Gasteiger partial charge in [-0.25, -0.2) is 0 Å². The second-order valence-corrected chi connectivity index (χ2v) is 4.42. The highest BCUT2D eigenvalue weighted by molar-refractivity contribution is 6.76. The van der Waals surface area contributed by atoms with E-state index in [1.165, 1.54) is 0 Å². The Morgan fingerprint density at radius 2 is 2.50 bits per heavy atom. The number of hydrogen-bond donors (Lipinski definition) is 0. The average Bonchev–Trinajstić information content (AvgIpc) is 1.83. The van der Waals surface area contributed by atoms with Gasteiger partial charge in [-0.1, -0.05) is 0 Å². The smallest absolute Gasteiger partial charge is 0.379 e. The average molecular weight is 150 g/mol. The predicted molar refractivity (Wildman–Crippen MR) is 36.5 cm³/mol. The zero-order chi connectivity index (χ0) is 6.41. The lowest BCUT2D eigenvalue weighted by Crippen LogP contribution is -2.23. The van der Waals surface area contributed by atoms with Crippen LogP contribution in [-0.4, -0.2) is 32.3 Å². The Morgan fingerprint density at radius 3 is 2.62 bits per heavy atom. The van der Waals surface area contributed by atoms with Gasteiger partial charge < -0.3 is 13.3 Å². The summed E-state index contributed by atoms with van der Waals surface area (Å²) in [6.07, 6.45) is 0. The molecule has 0 saturated carbocycles. The molecule has 0 saturated heterocycles. The minimum atomic E-state index is -1.81. The first-order valence-electron chi connectivity index (χ1n) is 2.44. The van der Waals surface area contributed by atoms with E-state index < -0.39 is 9.28 Å². The number of carbonyl (C=O) groups excluding carboxylic acids is 1. The van der Waals surface area contributed by atoms with Gasteiger partial charge in [0.25, 0.3) is 0 Å². The van der Waals surface area contributed by atoms with Crippen molar-refractivity contribution in [3.8, 4) is 0 Å². The molecule has 0 radical (unpaired) electrons. The van der Waals surface area contributed by atoms with Crippen LogP contribution >= 0.6 is 0 Å². The molecule has 1 atom stereocenters. The Labute approximate surface area is 53.4 Å². The molecule has 0 aliphatic rings. The van der Waals surface area contributed by atoms with Gasteiger partial charge in [0.05, 0.1) is 0 Å². The van der Waals surface area contributed by atoms with Gasteiger partial charge in [-0.3, -0.25) is 0 Å². The molecule has 0 bridgehead atoms. The summed E-state index contributed by atoms with van der Waals surface area (Å²) in [6, 6.07) is 0. The lowest BCUT2D eigenvalue weighted by atomic mass is 10.9. The first-order valence-corrected chi connectivity index (χ1v) is 4.87. The number of carbonyl (C=O) groups is 1. The fourth-order valence-electron chi connectivity index (χ4n) is 0.327. The molecule has 0 aromatic rings. The summed E-state index contributed by atoms with van der Waals surface area (Å²) in [5.41, 5.74) is 0. The Bertz CT molecular complexity index is 67.5. The largest absolute Gasteiger partial charge is 0.442 e. The van der Waals surface area contributed by atoms with Gasteiger partial charge in [-0.2, -0.15) is 0 Å². The van der Waals surface area contributed by atoms with Crippen molar-refractivity contribution >= 4 is 25.7 Å². The van der Waals surface area contributed by atoms with Crippen LogP contribution in [0.15, 0.2) is 0 Å². The minimum absolute atomic E-state index is 0.581. The van der Waals surface area contributed by atoms with Gasteiger partial charge in [0.2, 0.25) is 0 Å².